The normalized spacial score (nSPS) is 23.9. The quantitative estimate of drug-likeness (QED) is 0.319. The molecule has 0 bridgehead atoms. The van der Waals surface area contributed by atoms with Crippen LogP contribution in [-0.2, 0) is 4.74 Å². The van der Waals surface area contributed by atoms with Gasteiger partial charge in [0.15, 0.2) is 5.96 Å². The summed E-state index contributed by atoms with van der Waals surface area (Å²) in [5.41, 5.74) is 0.0278. The molecule has 0 saturated carbocycles. The summed E-state index contributed by atoms with van der Waals surface area (Å²) in [4.78, 5) is 6.62. The summed E-state index contributed by atoms with van der Waals surface area (Å²) >= 11 is 0. The minimum Gasteiger partial charge on any atom is -0.373 e. The van der Waals surface area contributed by atoms with E-state index in [2.05, 4.69) is 54.1 Å². The fourth-order valence-electron chi connectivity index (χ4n) is 2.44. The van der Waals surface area contributed by atoms with Gasteiger partial charge >= 0.3 is 0 Å². The Morgan fingerprint density at radius 2 is 1.90 bits per heavy atom. The summed E-state index contributed by atoms with van der Waals surface area (Å²) < 4.78 is 5.79. The summed E-state index contributed by atoms with van der Waals surface area (Å²) in [5.74, 6) is 3.29. The van der Waals surface area contributed by atoms with Gasteiger partial charge < -0.3 is 15.4 Å². The van der Waals surface area contributed by atoms with Crippen molar-refractivity contribution in [3.8, 4) is 12.3 Å². The van der Waals surface area contributed by atoms with E-state index in [0.717, 1.165) is 25.6 Å². The van der Waals surface area contributed by atoms with Crippen LogP contribution in [0.4, 0.5) is 0 Å². The lowest BCUT2D eigenvalue weighted by Crippen LogP contribution is -2.59. The number of hydrogen-bond donors (Lipinski definition) is 2. The van der Waals surface area contributed by atoms with Gasteiger partial charge in [-0.1, -0.05) is 5.92 Å². The SMILES string of the molecule is C#CCNC(=NC)NCC(C)(C)N1CC(C)OC(C)C1.I. The Bertz CT molecular complexity index is 368. The van der Waals surface area contributed by atoms with E-state index in [1.54, 1.807) is 7.05 Å². The molecule has 0 amide bonds. The van der Waals surface area contributed by atoms with Crippen molar-refractivity contribution in [2.45, 2.75) is 45.4 Å². The summed E-state index contributed by atoms with van der Waals surface area (Å²) in [6, 6.07) is 0. The topological polar surface area (TPSA) is 48.9 Å². The number of rotatable bonds is 4. The van der Waals surface area contributed by atoms with Gasteiger partial charge in [0.1, 0.15) is 0 Å². The Morgan fingerprint density at radius 1 is 1.33 bits per heavy atom. The van der Waals surface area contributed by atoms with Gasteiger partial charge in [0, 0.05) is 32.2 Å². The summed E-state index contributed by atoms with van der Waals surface area (Å²) in [5, 5.41) is 6.40. The number of nitrogens with one attached hydrogen (secondary N) is 2. The molecule has 1 aliphatic heterocycles. The third-order valence-electron chi connectivity index (χ3n) is 3.55. The maximum absolute atomic E-state index is 5.79. The van der Waals surface area contributed by atoms with Crippen LogP contribution in [0.2, 0.25) is 0 Å². The van der Waals surface area contributed by atoms with Gasteiger partial charge in [0.25, 0.3) is 0 Å². The second-order valence-corrected chi connectivity index (χ2v) is 5.96. The van der Waals surface area contributed by atoms with Crippen LogP contribution in [0.15, 0.2) is 4.99 Å². The van der Waals surface area contributed by atoms with Crippen molar-refractivity contribution in [3.05, 3.63) is 0 Å². The van der Waals surface area contributed by atoms with Gasteiger partial charge in [0.05, 0.1) is 18.8 Å². The highest BCUT2D eigenvalue weighted by molar-refractivity contribution is 14.0. The number of terminal acetylenes is 1. The zero-order valence-corrected chi connectivity index (χ0v) is 16.1. The highest BCUT2D eigenvalue weighted by atomic mass is 127. The molecular weight excluding hydrogens is 379 g/mol. The number of hydrogen-bond acceptors (Lipinski definition) is 3. The molecule has 0 aromatic heterocycles. The zero-order valence-electron chi connectivity index (χ0n) is 13.8. The molecule has 1 rings (SSSR count). The van der Waals surface area contributed by atoms with Crippen molar-refractivity contribution < 1.29 is 4.74 Å². The summed E-state index contributed by atoms with van der Waals surface area (Å²) in [7, 11) is 1.75. The Labute approximate surface area is 146 Å². The smallest absolute Gasteiger partial charge is 0.191 e. The van der Waals surface area contributed by atoms with E-state index in [0.29, 0.717) is 6.54 Å². The van der Waals surface area contributed by atoms with E-state index >= 15 is 0 Å². The van der Waals surface area contributed by atoms with Gasteiger partial charge in [0.2, 0.25) is 0 Å². The molecule has 0 aromatic carbocycles. The highest BCUT2D eigenvalue weighted by Gasteiger charge is 2.33. The largest absolute Gasteiger partial charge is 0.373 e. The van der Waals surface area contributed by atoms with Crippen LogP contribution < -0.4 is 10.6 Å². The molecule has 0 radical (unpaired) electrons. The molecule has 1 fully saturated rings. The first-order valence-electron chi connectivity index (χ1n) is 7.17. The Morgan fingerprint density at radius 3 is 2.38 bits per heavy atom. The van der Waals surface area contributed by atoms with E-state index in [9.17, 15) is 0 Å². The minimum absolute atomic E-state index is 0. The molecular formula is C15H29IN4O. The van der Waals surface area contributed by atoms with Crippen LogP contribution in [0.25, 0.3) is 0 Å². The monoisotopic (exact) mass is 408 g/mol. The zero-order chi connectivity index (χ0) is 15.2. The van der Waals surface area contributed by atoms with Crippen LogP contribution in [0.1, 0.15) is 27.7 Å². The van der Waals surface area contributed by atoms with Crippen LogP contribution >= 0.6 is 24.0 Å². The van der Waals surface area contributed by atoms with E-state index < -0.39 is 0 Å². The van der Waals surface area contributed by atoms with Crippen LogP contribution in [0.5, 0.6) is 0 Å². The molecule has 122 valence electrons. The minimum atomic E-state index is 0. The first kappa shape index (κ1) is 20.5. The molecule has 2 unspecified atom stereocenters. The second-order valence-electron chi connectivity index (χ2n) is 5.96. The van der Waals surface area contributed by atoms with Gasteiger partial charge in [-0.2, -0.15) is 0 Å². The van der Waals surface area contributed by atoms with Crippen LogP contribution in [-0.4, -0.2) is 61.8 Å². The predicted molar refractivity (Wildman–Crippen MR) is 99.3 cm³/mol. The first-order chi connectivity index (χ1) is 9.39. The summed E-state index contributed by atoms with van der Waals surface area (Å²) in [6.45, 7) is 11.9. The van der Waals surface area contributed by atoms with E-state index in [4.69, 9.17) is 11.2 Å². The van der Waals surface area contributed by atoms with E-state index in [1.807, 2.05) is 0 Å². The van der Waals surface area contributed by atoms with Crippen molar-refractivity contribution in [2.75, 3.05) is 33.2 Å². The van der Waals surface area contributed by atoms with Crippen molar-refractivity contribution >= 4 is 29.9 Å². The average Bonchev–Trinajstić information content (AvgIpc) is 2.38. The molecule has 21 heavy (non-hydrogen) atoms. The lowest BCUT2D eigenvalue weighted by atomic mass is 10.00. The second kappa shape index (κ2) is 9.49. The molecule has 5 nitrogen and oxygen atoms in total. The number of ether oxygens (including phenoxy) is 1. The number of nitrogens with zero attached hydrogens (tertiary/aromatic N) is 2. The van der Waals surface area contributed by atoms with Gasteiger partial charge in [-0.3, -0.25) is 9.89 Å². The molecule has 6 heteroatoms. The van der Waals surface area contributed by atoms with E-state index in [-0.39, 0.29) is 41.7 Å². The molecule has 2 atom stereocenters. The molecule has 2 N–H and O–H groups in total. The Hall–Kier alpha value is -0.520. The standard InChI is InChI=1S/C15H28N4O.HI/c1-7-8-17-14(16-6)18-11-15(4,5)19-9-12(2)20-13(3)10-19;/h1,12-13H,8-11H2,2-6H3,(H2,16,17,18);1H. The Kier molecular flexibility index (Phi) is 9.25. The number of halogens is 1. The first-order valence-corrected chi connectivity index (χ1v) is 7.17. The van der Waals surface area contributed by atoms with Crippen LogP contribution in [0.3, 0.4) is 0 Å². The highest BCUT2D eigenvalue weighted by Crippen LogP contribution is 2.20. The number of guanidine groups is 1. The lowest BCUT2D eigenvalue weighted by Gasteiger charge is -2.45. The van der Waals surface area contributed by atoms with Crippen molar-refractivity contribution in [1.29, 1.82) is 0 Å². The van der Waals surface area contributed by atoms with Gasteiger partial charge in [-0.05, 0) is 27.7 Å². The van der Waals surface area contributed by atoms with E-state index in [1.165, 1.54) is 0 Å². The van der Waals surface area contributed by atoms with Gasteiger partial charge in [-0.25, -0.2) is 0 Å². The van der Waals surface area contributed by atoms with Crippen molar-refractivity contribution in [3.63, 3.8) is 0 Å². The Balaban J connectivity index is 0.00000400. The van der Waals surface area contributed by atoms with Crippen LogP contribution in [0, 0.1) is 12.3 Å². The fourth-order valence-corrected chi connectivity index (χ4v) is 2.44. The van der Waals surface area contributed by atoms with Gasteiger partial charge in [-0.15, -0.1) is 30.4 Å². The molecule has 0 aliphatic carbocycles. The van der Waals surface area contributed by atoms with Crippen molar-refractivity contribution in [1.82, 2.24) is 15.5 Å². The maximum atomic E-state index is 5.79. The fraction of sp³-hybridized carbons (Fsp3) is 0.800. The predicted octanol–water partition coefficient (Wildman–Crippen LogP) is 1.29. The molecule has 0 aromatic rings. The number of morpholine rings is 1. The van der Waals surface area contributed by atoms with Crippen molar-refractivity contribution in [2.24, 2.45) is 4.99 Å². The molecule has 1 aliphatic rings. The molecule has 1 saturated heterocycles. The number of aliphatic imine (C=N–C) groups is 1. The molecule has 0 spiro atoms. The maximum Gasteiger partial charge on any atom is 0.191 e. The third-order valence-corrected chi connectivity index (χ3v) is 3.55. The summed E-state index contributed by atoms with van der Waals surface area (Å²) in [6.07, 6.45) is 5.79. The molecule has 1 heterocycles. The average molecular weight is 408 g/mol. The lowest BCUT2D eigenvalue weighted by molar-refractivity contribution is -0.0946. The third kappa shape index (κ3) is 6.85.